The number of hydrogen-bond donors (Lipinski definition) is 2. The molecule has 4 aromatic carbocycles. The van der Waals surface area contributed by atoms with E-state index in [1.54, 1.807) is 55.5 Å². The summed E-state index contributed by atoms with van der Waals surface area (Å²) in [6, 6.07) is 24.6. The second kappa shape index (κ2) is 14.2. The van der Waals surface area contributed by atoms with E-state index in [4.69, 9.17) is 9.47 Å². The Balaban J connectivity index is 1.36. The maximum Gasteiger partial charge on any atom is 0.339 e. The molecule has 2 atom stereocenters. The number of benzene rings is 4. The van der Waals surface area contributed by atoms with Gasteiger partial charge in [0.2, 0.25) is 0 Å². The molecular formula is C34H33N3O9. The molecule has 5 aromatic rings. The number of nitrogens with zero attached hydrogens (tertiary/aromatic N) is 3. The Kier molecular flexibility index (Phi) is 9.89. The number of esters is 2. The minimum atomic E-state index is -1.48. The highest BCUT2D eigenvalue weighted by atomic mass is 16.6. The summed E-state index contributed by atoms with van der Waals surface area (Å²) in [6.07, 6.45) is -2.43. The summed E-state index contributed by atoms with van der Waals surface area (Å²) in [7, 11) is 0. The van der Waals surface area contributed by atoms with E-state index >= 15 is 0 Å². The van der Waals surface area contributed by atoms with Gasteiger partial charge in [-0.1, -0.05) is 79.7 Å². The van der Waals surface area contributed by atoms with Crippen molar-refractivity contribution >= 4 is 33.5 Å². The molecule has 2 unspecified atom stereocenters. The van der Waals surface area contributed by atoms with Gasteiger partial charge in [-0.3, -0.25) is 0 Å². The van der Waals surface area contributed by atoms with Crippen LogP contribution in [0.5, 0.6) is 0 Å². The van der Waals surface area contributed by atoms with E-state index in [0.717, 1.165) is 15.3 Å². The van der Waals surface area contributed by atoms with Crippen LogP contribution < -0.4 is 17.1 Å². The second-order valence-electron chi connectivity index (χ2n) is 10.7. The van der Waals surface area contributed by atoms with Gasteiger partial charge in [0.25, 0.3) is 0 Å². The summed E-state index contributed by atoms with van der Waals surface area (Å²) in [5, 5.41) is 23.7. The van der Waals surface area contributed by atoms with Gasteiger partial charge in [0, 0.05) is 6.54 Å². The molecule has 0 aliphatic carbocycles. The predicted molar refractivity (Wildman–Crippen MR) is 170 cm³/mol. The zero-order valence-electron chi connectivity index (χ0n) is 25.1. The fourth-order valence-corrected chi connectivity index (χ4v) is 5.28. The quantitative estimate of drug-likeness (QED) is 0.198. The molecule has 0 amide bonds. The Hall–Kier alpha value is -5.33. The molecule has 46 heavy (non-hydrogen) atoms. The van der Waals surface area contributed by atoms with Crippen LogP contribution in [0.4, 0.5) is 0 Å². The molecule has 238 valence electrons. The highest BCUT2D eigenvalue weighted by Crippen LogP contribution is 2.21. The highest BCUT2D eigenvalue weighted by Gasteiger charge is 2.24. The summed E-state index contributed by atoms with van der Waals surface area (Å²) < 4.78 is 13.0. The van der Waals surface area contributed by atoms with E-state index in [2.05, 4.69) is 0 Å². The number of aliphatic hydroxyl groups is 2. The second-order valence-corrected chi connectivity index (χ2v) is 10.7. The third kappa shape index (κ3) is 6.67. The van der Waals surface area contributed by atoms with Crippen molar-refractivity contribution in [2.24, 2.45) is 0 Å². The lowest BCUT2D eigenvalue weighted by molar-refractivity contribution is 0.00720. The maximum absolute atomic E-state index is 13.5. The maximum atomic E-state index is 13.5. The number of aromatic nitrogens is 3. The number of aliphatic hydroxyl groups excluding tert-OH is 2. The zero-order chi connectivity index (χ0) is 32.8. The number of fused-ring (bicyclic) bond motifs is 2. The van der Waals surface area contributed by atoms with Crippen molar-refractivity contribution in [3.8, 4) is 0 Å². The predicted octanol–water partition coefficient (Wildman–Crippen LogP) is 2.32. The largest absolute Gasteiger partial charge is 0.459 e. The number of rotatable bonds is 12. The summed E-state index contributed by atoms with van der Waals surface area (Å²) in [5.74, 6) is -1.47. The van der Waals surface area contributed by atoms with Gasteiger partial charge in [0.1, 0.15) is 18.8 Å². The topological polar surface area (TPSA) is 159 Å². The molecule has 0 saturated carbocycles. The lowest BCUT2D eigenvalue weighted by Crippen LogP contribution is -2.56. The Morgan fingerprint density at radius 3 is 1.76 bits per heavy atom. The van der Waals surface area contributed by atoms with Crippen molar-refractivity contribution < 1.29 is 29.3 Å². The average Bonchev–Trinajstić information content (AvgIpc) is 3.08. The molecule has 0 radical (unpaired) electrons. The fourth-order valence-electron chi connectivity index (χ4n) is 5.28. The molecule has 2 N–H and O–H groups in total. The Morgan fingerprint density at radius 1 is 0.696 bits per heavy atom. The van der Waals surface area contributed by atoms with Gasteiger partial charge in [-0.05, 0) is 40.1 Å². The SMILES string of the molecule is CCCn1c(=O)n(CC(O)COC(=O)c2cccc3ccccc23)c(=O)n(CC(CO)OC(=O)c2cccc3ccccc23)c1=O. The van der Waals surface area contributed by atoms with E-state index in [1.807, 2.05) is 36.4 Å². The number of ether oxygens (including phenoxy) is 2. The first-order valence-corrected chi connectivity index (χ1v) is 14.8. The standard InChI is InChI=1S/C34H33N3O9/c1-2-17-35-32(42)36(18-24(39)21-45-30(40)28-15-7-11-22-9-3-5-13-26(22)28)34(44)37(33(35)43)19-25(20-38)46-31(41)29-16-8-12-23-10-4-6-14-27(23)29/h3-16,24-25,38-39H,2,17-21H2,1H3. The Bertz CT molecular complexity index is 2070. The molecule has 12 nitrogen and oxygen atoms in total. The van der Waals surface area contributed by atoms with Crippen LogP contribution in [0, 0.1) is 0 Å². The van der Waals surface area contributed by atoms with Gasteiger partial charge in [0.05, 0.1) is 30.8 Å². The van der Waals surface area contributed by atoms with E-state index in [-0.39, 0.29) is 17.7 Å². The third-order valence-corrected chi connectivity index (χ3v) is 7.52. The average molecular weight is 628 g/mol. The highest BCUT2D eigenvalue weighted by molar-refractivity contribution is 6.05. The summed E-state index contributed by atoms with van der Waals surface area (Å²) in [6.45, 7) is -0.713. The Morgan fingerprint density at radius 2 is 1.20 bits per heavy atom. The van der Waals surface area contributed by atoms with Crippen LogP contribution in [0.15, 0.2) is 99.3 Å². The van der Waals surface area contributed by atoms with E-state index in [0.29, 0.717) is 26.3 Å². The van der Waals surface area contributed by atoms with Crippen molar-refractivity contribution in [3.05, 3.63) is 128 Å². The van der Waals surface area contributed by atoms with Gasteiger partial charge in [-0.2, -0.15) is 0 Å². The Labute approximate surface area is 262 Å². The third-order valence-electron chi connectivity index (χ3n) is 7.52. The number of hydrogen-bond acceptors (Lipinski definition) is 9. The van der Waals surface area contributed by atoms with Crippen molar-refractivity contribution in [1.29, 1.82) is 0 Å². The van der Waals surface area contributed by atoms with Crippen molar-refractivity contribution in [1.82, 2.24) is 13.7 Å². The number of carbonyl (C=O) groups excluding carboxylic acids is 2. The van der Waals surface area contributed by atoms with Gasteiger partial charge >= 0.3 is 29.0 Å². The molecule has 1 heterocycles. The molecule has 5 rings (SSSR count). The molecule has 0 saturated heterocycles. The van der Waals surface area contributed by atoms with Crippen LogP contribution in [-0.2, 0) is 29.1 Å². The van der Waals surface area contributed by atoms with Crippen molar-refractivity contribution in [2.45, 2.75) is 45.2 Å². The molecule has 0 aliphatic heterocycles. The van der Waals surface area contributed by atoms with Gasteiger partial charge < -0.3 is 19.7 Å². The number of carbonyl (C=O) groups is 2. The first-order chi connectivity index (χ1) is 22.2. The molecule has 0 aliphatic rings. The minimum Gasteiger partial charge on any atom is -0.459 e. The first kappa shape index (κ1) is 32.1. The summed E-state index contributed by atoms with van der Waals surface area (Å²) >= 11 is 0. The van der Waals surface area contributed by atoms with Crippen molar-refractivity contribution in [2.75, 3.05) is 13.2 Å². The van der Waals surface area contributed by atoms with E-state index in [9.17, 15) is 34.2 Å². The van der Waals surface area contributed by atoms with Gasteiger partial charge in [-0.15, -0.1) is 0 Å². The summed E-state index contributed by atoms with van der Waals surface area (Å²) in [4.78, 5) is 65.8. The van der Waals surface area contributed by atoms with Crippen LogP contribution in [0.25, 0.3) is 21.5 Å². The molecule has 12 heteroatoms. The van der Waals surface area contributed by atoms with Crippen LogP contribution >= 0.6 is 0 Å². The van der Waals surface area contributed by atoms with Gasteiger partial charge in [-0.25, -0.2) is 37.7 Å². The van der Waals surface area contributed by atoms with E-state index in [1.165, 1.54) is 0 Å². The van der Waals surface area contributed by atoms with Crippen LogP contribution in [0.2, 0.25) is 0 Å². The molecule has 0 spiro atoms. The van der Waals surface area contributed by atoms with E-state index < -0.39 is 67.5 Å². The first-order valence-electron chi connectivity index (χ1n) is 14.8. The van der Waals surface area contributed by atoms with Crippen molar-refractivity contribution in [3.63, 3.8) is 0 Å². The molecule has 0 fully saturated rings. The summed E-state index contributed by atoms with van der Waals surface area (Å²) in [5.41, 5.74) is -2.47. The fraction of sp³-hybridized carbons (Fsp3) is 0.265. The minimum absolute atomic E-state index is 0.0380. The zero-order valence-corrected chi connectivity index (χ0v) is 25.1. The van der Waals surface area contributed by atoms with Crippen LogP contribution in [0.1, 0.15) is 34.1 Å². The smallest absolute Gasteiger partial charge is 0.339 e. The van der Waals surface area contributed by atoms with Crippen LogP contribution in [0.3, 0.4) is 0 Å². The molecular weight excluding hydrogens is 594 g/mol. The molecule has 1 aromatic heterocycles. The monoisotopic (exact) mass is 627 g/mol. The molecule has 0 bridgehead atoms. The van der Waals surface area contributed by atoms with Gasteiger partial charge in [0.15, 0.2) is 0 Å². The normalized spacial score (nSPS) is 12.6. The van der Waals surface area contributed by atoms with Crippen LogP contribution in [-0.4, -0.2) is 61.3 Å². The lowest BCUT2D eigenvalue weighted by atomic mass is 10.0. The lowest BCUT2D eigenvalue weighted by Gasteiger charge is -2.20.